The molecule has 73 valence electrons. The lowest BCUT2D eigenvalue weighted by molar-refractivity contribution is -0.136. The predicted octanol–water partition coefficient (Wildman–Crippen LogP) is 2.39. The Morgan fingerprint density at radius 3 is 2.71 bits per heavy atom. The molecule has 0 fully saturated rings. The van der Waals surface area contributed by atoms with Gasteiger partial charge in [0, 0.05) is 7.05 Å². The molecule has 2 rings (SSSR count). The molecule has 0 spiro atoms. The molecule has 0 saturated heterocycles. The molecule has 1 aromatic carbocycles. The van der Waals surface area contributed by atoms with Crippen LogP contribution in [-0.4, -0.2) is 9.55 Å². The summed E-state index contributed by atoms with van der Waals surface area (Å²) in [5.41, 5.74) is -0.298. The normalized spacial score (nSPS) is 12.3. The summed E-state index contributed by atoms with van der Waals surface area (Å²) >= 11 is 0. The van der Waals surface area contributed by atoms with Crippen molar-refractivity contribution in [1.82, 2.24) is 9.55 Å². The van der Waals surface area contributed by atoms with Gasteiger partial charge in [0.15, 0.2) is 6.33 Å². The first-order chi connectivity index (χ1) is 6.50. The van der Waals surface area contributed by atoms with Gasteiger partial charge in [0.1, 0.15) is 0 Å². The number of halogens is 3. The average Bonchev–Trinajstić information content (AvgIpc) is 2.46. The minimum atomic E-state index is -4.35. The van der Waals surface area contributed by atoms with Crippen LogP contribution in [0.5, 0.6) is 0 Å². The summed E-state index contributed by atoms with van der Waals surface area (Å²) in [5.74, 6) is 0. The number of rotatable bonds is 0. The number of benzene rings is 1. The number of hydrogen-bond acceptors (Lipinski definition) is 1. The maximum atomic E-state index is 12.5. The highest BCUT2D eigenvalue weighted by Crippen LogP contribution is 2.33. The molecule has 0 saturated carbocycles. The smallest absolute Gasteiger partial charge is 0.324 e. The lowest BCUT2D eigenvalue weighted by atomic mass is 10.2. The van der Waals surface area contributed by atoms with Crippen LogP contribution in [0.2, 0.25) is 0 Å². The van der Waals surface area contributed by atoms with Crippen molar-refractivity contribution >= 4 is 11.0 Å². The first kappa shape index (κ1) is 9.05. The molecule has 1 radical (unpaired) electrons. The highest BCUT2D eigenvalue weighted by molar-refractivity contribution is 5.79. The van der Waals surface area contributed by atoms with E-state index in [0.29, 0.717) is 5.52 Å². The third-order valence-electron chi connectivity index (χ3n) is 1.98. The molecule has 0 aliphatic rings. The molecule has 5 heteroatoms. The fourth-order valence-electron chi connectivity index (χ4n) is 1.38. The maximum absolute atomic E-state index is 12.5. The van der Waals surface area contributed by atoms with Crippen molar-refractivity contribution in [2.45, 2.75) is 6.18 Å². The van der Waals surface area contributed by atoms with Crippen LogP contribution >= 0.6 is 0 Å². The number of aryl methyl sites for hydroxylation is 1. The molecule has 0 N–H and O–H groups in total. The van der Waals surface area contributed by atoms with Gasteiger partial charge in [0.25, 0.3) is 0 Å². The van der Waals surface area contributed by atoms with E-state index in [0.717, 1.165) is 6.07 Å². The van der Waals surface area contributed by atoms with Gasteiger partial charge in [0.2, 0.25) is 0 Å². The van der Waals surface area contributed by atoms with E-state index in [2.05, 4.69) is 11.3 Å². The summed E-state index contributed by atoms with van der Waals surface area (Å²) in [5, 5.41) is 0. The minimum absolute atomic E-state index is 0.0694. The van der Waals surface area contributed by atoms with Gasteiger partial charge in [-0.2, -0.15) is 13.2 Å². The van der Waals surface area contributed by atoms with Crippen LogP contribution in [-0.2, 0) is 13.2 Å². The highest BCUT2D eigenvalue weighted by Gasteiger charge is 2.33. The SMILES string of the molecule is Cn1[c]nc2cccc(C(F)(F)F)c21. The van der Waals surface area contributed by atoms with Gasteiger partial charge in [-0.1, -0.05) is 6.07 Å². The topological polar surface area (TPSA) is 17.8 Å². The molecule has 1 heterocycles. The number of nitrogens with zero attached hydrogens (tertiary/aromatic N) is 2. The molecule has 0 atom stereocenters. The molecule has 2 nitrogen and oxygen atoms in total. The maximum Gasteiger partial charge on any atom is 0.418 e. The zero-order valence-corrected chi connectivity index (χ0v) is 7.26. The Morgan fingerprint density at radius 1 is 1.36 bits per heavy atom. The quantitative estimate of drug-likeness (QED) is 0.637. The molecule has 0 aliphatic carbocycles. The van der Waals surface area contributed by atoms with Crippen LogP contribution < -0.4 is 0 Å². The molecular formula is C9H6F3N2. The van der Waals surface area contributed by atoms with Gasteiger partial charge < -0.3 is 4.57 Å². The summed E-state index contributed by atoms with van der Waals surface area (Å²) in [7, 11) is 1.49. The zero-order valence-electron chi connectivity index (χ0n) is 7.26. The Labute approximate surface area is 78.0 Å². The van der Waals surface area contributed by atoms with Crippen molar-refractivity contribution in [2.24, 2.45) is 7.05 Å². The number of imidazole rings is 1. The van der Waals surface area contributed by atoms with E-state index >= 15 is 0 Å². The minimum Gasteiger partial charge on any atom is -0.324 e. The van der Waals surface area contributed by atoms with E-state index in [9.17, 15) is 13.2 Å². The molecule has 1 aromatic heterocycles. The Morgan fingerprint density at radius 2 is 2.07 bits per heavy atom. The van der Waals surface area contributed by atoms with Crippen molar-refractivity contribution in [3.05, 3.63) is 30.1 Å². The van der Waals surface area contributed by atoms with E-state index in [1.807, 2.05) is 0 Å². The summed E-state index contributed by atoms with van der Waals surface area (Å²) in [6.07, 6.45) is -1.89. The second kappa shape index (κ2) is 2.73. The van der Waals surface area contributed by atoms with Gasteiger partial charge in [-0.05, 0) is 12.1 Å². The van der Waals surface area contributed by atoms with E-state index in [1.54, 1.807) is 0 Å². The number of aromatic nitrogens is 2. The largest absolute Gasteiger partial charge is 0.418 e. The summed E-state index contributed by atoms with van der Waals surface area (Å²) in [6.45, 7) is 0. The molecule has 0 amide bonds. The van der Waals surface area contributed by atoms with Gasteiger partial charge in [-0.3, -0.25) is 0 Å². The second-order valence-electron chi connectivity index (χ2n) is 2.94. The lowest BCUT2D eigenvalue weighted by Gasteiger charge is -2.08. The van der Waals surface area contributed by atoms with Crippen molar-refractivity contribution < 1.29 is 13.2 Å². The van der Waals surface area contributed by atoms with Crippen LogP contribution in [0.25, 0.3) is 11.0 Å². The summed E-state index contributed by atoms with van der Waals surface area (Å²) in [4.78, 5) is 3.73. The Kier molecular flexibility index (Phi) is 1.77. The van der Waals surface area contributed by atoms with Gasteiger partial charge >= 0.3 is 6.18 Å². The number of alkyl halides is 3. The third kappa shape index (κ3) is 1.25. The van der Waals surface area contributed by atoms with Gasteiger partial charge in [0.05, 0.1) is 16.6 Å². The van der Waals surface area contributed by atoms with Crippen molar-refractivity contribution in [1.29, 1.82) is 0 Å². The Bertz CT molecular complexity index is 470. The molecule has 0 unspecified atom stereocenters. The highest BCUT2D eigenvalue weighted by atomic mass is 19.4. The van der Waals surface area contributed by atoms with Crippen molar-refractivity contribution in [3.8, 4) is 0 Å². The van der Waals surface area contributed by atoms with E-state index in [4.69, 9.17) is 0 Å². The van der Waals surface area contributed by atoms with E-state index in [-0.39, 0.29) is 5.52 Å². The van der Waals surface area contributed by atoms with Crippen LogP contribution in [0.15, 0.2) is 18.2 Å². The van der Waals surface area contributed by atoms with Gasteiger partial charge in [-0.25, -0.2) is 4.98 Å². The van der Waals surface area contributed by atoms with Crippen LogP contribution in [0.4, 0.5) is 13.2 Å². The molecular weight excluding hydrogens is 193 g/mol. The monoisotopic (exact) mass is 199 g/mol. The molecule has 0 aliphatic heterocycles. The van der Waals surface area contributed by atoms with E-state index < -0.39 is 11.7 Å². The lowest BCUT2D eigenvalue weighted by Crippen LogP contribution is -2.07. The third-order valence-corrected chi connectivity index (χ3v) is 1.98. The van der Waals surface area contributed by atoms with Crippen LogP contribution in [0.3, 0.4) is 0 Å². The predicted molar refractivity (Wildman–Crippen MR) is 44.6 cm³/mol. The average molecular weight is 199 g/mol. The van der Waals surface area contributed by atoms with Gasteiger partial charge in [-0.15, -0.1) is 0 Å². The summed E-state index contributed by atoms with van der Waals surface area (Å²) < 4.78 is 38.8. The van der Waals surface area contributed by atoms with E-state index in [1.165, 1.54) is 23.7 Å². The van der Waals surface area contributed by atoms with Crippen LogP contribution in [0.1, 0.15) is 5.56 Å². The number of para-hydroxylation sites is 1. The zero-order chi connectivity index (χ0) is 10.3. The fourth-order valence-corrected chi connectivity index (χ4v) is 1.38. The second-order valence-corrected chi connectivity index (χ2v) is 2.94. The standard InChI is InChI=1S/C9H6F3N2/c1-14-5-13-7-4-2-3-6(8(7)14)9(10,11)12/h2-4H,1H3. The molecule has 0 bridgehead atoms. The number of hydrogen-bond donors (Lipinski definition) is 0. The Hall–Kier alpha value is -1.52. The Balaban J connectivity index is 2.82. The molecule has 2 aromatic rings. The first-order valence-corrected chi connectivity index (χ1v) is 3.90. The number of fused-ring (bicyclic) bond motifs is 1. The van der Waals surface area contributed by atoms with Crippen LogP contribution in [0, 0.1) is 6.33 Å². The summed E-state index contributed by atoms with van der Waals surface area (Å²) in [6, 6.07) is 3.91. The van der Waals surface area contributed by atoms with Crippen molar-refractivity contribution in [2.75, 3.05) is 0 Å². The molecule has 14 heavy (non-hydrogen) atoms. The fraction of sp³-hybridized carbons (Fsp3) is 0.222. The van der Waals surface area contributed by atoms with Crippen molar-refractivity contribution in [3.63, 3.8) is 0 Å². The first-order valence-electron chi connectivity index (χ1n) is 3.90.